The number of hydrogen-bond acceptors (Lipinski definition) is 2. The molecule has 0 aliphatic rings. The number of halogens is 2. The third kappa shape index (κ3) is 2.45. The highest BCUT2D eigenvalue weighted by atomic mass is 79.9. The van der Waals surface area contributed by atoms with E-state index in [4.69, 9.17) is 0 Å². The Hall–Kier alpha value is -0.160. The molecule has 0 aliphatic heterocycles. The van der Waals surface area contributed by atoms with Crippen molar-refractivity contribution in [2.45, 2.75) is 32.7 Å². The average Bonchev–Trinajstić information content (AvgIpc) is 2.15. The molecule has 0 bridgehead atoms. The Labute approximate surface area is 99.8 Å². The second kappa shape index (κ2) is 5.07. The van der Waals surface area contributed by atoms with E-state index < -0.39 is 0 Å². The Kier molecular flexibility index (Phi) is 4.31. The highest BCUT2D eigenvalue weighted by Crippen LogP contribution is 2.16. The monoisotopic (exact) mass is 322 g/mol. The predicted octanol–water partition coefficient (Wildman–Crippen LogP) is 3.13. The van der Waals surface area contributed by atoms with E-state index >= 15 is 0 Å². The lowest BCUT2D eigenvalue weighted by atomic mass is 10.2. The normalized spacial score (nSPS) is 10.9. The zero-order chi connectivity index (χ0) is 10.7. The molecule has 5 heteroatoms. The molecule has 0 amide bonds. The molecular weight excluding hydrogens is 312 g/mol. The fourth-order valence-electron chi connectivity index (χ4n) is 1.40. The van der Waals surface area contributed by atoms with Gasteiger partial charge in [0.2, 0.25) is 0 Å². The van der Waals surface area contributed by atoms with E-state index in [1.807, 2.05) is 0 Å². The van der Waals surface area contributed by atoms with Crippen molar-refractivity contribution in [2.75, 3.05) is 0 Å². The molecule has 78 valence electrons. The highest BCUT2D eigenvalue weighted by molar-refractivity contribution is 9.11. The smallest absolute Gasteiger partial charge is 0.283 e. The summed E-state index contributed by atoms with van der Waals surface area (Å²) in [4.78, 5) is 15.7. The summed E-state index contributed by atoms with van der Waals surface area (Å²) in [5, 5.41) is 0. The van der Waals surface area contributed by atoms with Crippen molar-refractivity contribution in [3.8, 4) is 0 Å². The molecule has 0 aromatic carbocycles. The van der Waals surface area contributed by atoms with Gasteiger partial charge in [-0.3, -0.25) is 4.79 Å². The van der Waals surface area contributed by atoms with Crippen LogP contribution in [-0.4, -0.2) is 9.55 Å². The molecule has 0 saturated heterocycles. The maximum atomic E-state index is 11.7. The zero-order valence-electron chi connectivity index (χ0n) is 8.13. The van der Waals surface area contributed by atoms with Crippen molar-refractivity contribution in [1.82, 2.24) is 9.55 Å². The maximum absolute atomic E-state index is 11.7. The van der Waals surface area contributed by atoms with Gasteiger partial charge in [0.25, 0.3) is 5.56 Å². The van der Waals surface area contributed by atoms with Crippen molar-refractivity contribution in [3.63, 3.8) is 0 Å². The van der Waals surface area contributed by atoms with Gasteiger partial charge in [-0.25, -0.2) is 4.98 Å². The van der Waals surface area contributed by atoms with E-state index in [9.17, 15) is 4.79 Å². The van der Waals surface area contributed by atoms with Crippen LogP contribution < -0.4 is 5.56 Å². The molecule has 1 heterocycles. The van der Waals surface area contributed by atoms with Crippen LogP contribution in [0.1, 0.15) is 32.7 Å². The van der Waals surface area contributed by atoms with Crippen LogP contribution in [0.3, 0.4) is 0 Å². The summed E-state index contributed by atoms with van der Waals surface area (Å²) in [5.74, 6) is 0. The molecule has 0 unspecified atom stereocenters. The molecule has 1 rings (SSSR count). The van der Waals surface area contributed by atoms with Crippen LogP contribution >= 0.6 is 31.9 Å². The molecule has 0 N–H and O–H groups in total. The highest BCUT2D eigenvalue weighted by Gasteiger charge is 2.11. The van der Waals surface area contributed by atoms with Crippen molar-refractivity contribution < 1.29 is 0 Å². The molecular formula is C9H12Br2N2O. The SMILES string of the molecule is CCC(CC)n1cc(Br)nc(Br)c1=O. The minimum Gasteiger partial charge on any atom is -0.307 e. The van der Waals surface area contributed by atoms with Gasteiger partial charge in [0.15, 0.2) is 4.60 Å². The number of hydrogen-bond donors (Lipinski definition) is 0. The molecule has 1 aromatic rings. The minimum absolute atomic E-state index is 0.0677. The Morgan fingerprint density at radius 1 is 1.43 bits per heavy atom. The Bertz CT molecular complexity index is 372. The number of aromatic nitrogens is 2. The van der Waals surface area contributed by atoms with Crippen LogP contribution in [-0.2, 0) is 0 Å². The molecule has 0 aliphatic carbocycles. The van der Waals surface area contributed by atoms with E-state index in [2.05, 4.69) is 50.7 Å². The van der Waals surface area contributed by atoms with Gasteiger partial charge >= 0.3 is 0 Å². The maximum Gasteiger partial charge on any atom is 0.283 e. The van der Waals surface area contributed by atoms with E-state index in [1.165, 1.54) is 0 Å². The molecule has 0 radical (unpaired) electrons. The van der Waals surface area contributed by atoms with Crippen molar-refractivity contribution >= 4 is 31.9 Å². The van der Waals surface area contributed by atoms with E-state index in [1.54, 1.807) is 10.8 Å². The lowest BCUT2D eigenvalue weighted by molar-refractivity contribution is 0.453. The van der Waals surface area contributed by atoms with Gasteiger partial charge < -0.3 is 4.57 Å². The van der Waals surface area contributed by atoms with Crippen molar-refractivity contribution in [3.05, 3.63) is 25.8 Å². The minimum atomic E-state index is -0.0677. The summed E-state index contributed by atoms with van der Waals surface area (Å²) in [6.07, 6.45) is 3.63. The molecule has 14 heavy (non-hydrogen) atoms. The van der Waals surface area contributed by atoms with Gasteiger partial charge in [0, 0.05) is 12.2 Å². The second-order valence-electron chi connectivity index (χ2n) is 3.04. The van der Waals surface area contributed by atoms with Gasteiger partial charge in [-0.1, -0.05) is 13.8 Å². The molecule has 0 spiro atoms. The molecule has 0 saturated carbocycles. The Balaban J connectivity index is 3.26. The third-order valence-electron chi connectivity index (χ3n) is 2.20. The topological polar surface area (TPSA) is 34.9 Å². The van der Waals surface area contributed by atoms with Gasteiger partial charge in [-0.05, 0) is 44.7 Å². The first-order chi connectivity index (χ1) is 6.60. The van der Waals surface area contributed by atoms with Crippen LogP contribution in [0, 0.1) is 0 Å². The number of rotatable bonds is 3. The molecule has 3 nitrogen and oxygen atoms in total. The fourth-order valence-corrected chi connectivity index (χ4v) is 2.44. The predicted molar refractivity (Wildman–Crippen MR) is 63.5 cm³/mol. The molecule has 0 fully saturated rings. The van der Waals surface area contributed by atoms with E-state index in [0.29, 0.717) is 9.21 Å². The first-order valence-electron chi connectivity index (χ1n) is 4.54. The number of nitrogens with zero attached hydrogens (tertiary/aromatic N) is 2. The van der Waals surface area contributed by atoms with Crippen LogP contribution in [0.25, 0.3) is 0 Å². The average molecular weight is 324 g/mol. The Morgan fingerprint density at radius 3 is 2.50 bits per heavy atom. The lowest BCUT2D eigenvalue weighted by Crippen LogP contribution is -2.25. The van der Waals surface area contributed by atoms with Crippen LogP contribution in [0.4, 0.5) is 0 Å². The summed E-state index contributed by atoms with van der Waals surface area (Å²) in [6.45, 7) is 4.14. The first kappa shape index (κ1) is 11.9. The van der Waals surface area contributed by atoms with Crippen molar-refractivity contribution in [1.29, 1.82) is 0 Å². The second-order valence-corrected chi connectivity index (χ2v) is 4.60. The van der Waals surface area contributed by atoms with Crippen LogP contribution in [0.5, 0.6) is 0 Å². The Morgan fingerprint density at radius 2 is 2.00 bits per heavy atom. The van der Waals surface area contributed by atoms with E-state index in [-0.39, 0.29) is 11.6 Å². The van der Waals surface area contributed by atoms with E-state index in [0.717, 1.165) is 12.8 Å². The summed E-state index contributed by atoms with van der Waals surface area (Å²) >= 11 is 6.42. The fraction of sp³-hybridized carbons (Fsp3) is 0.556. The zero-order valence-corrected chi connectivity index (χ0v) is 11.3. The van der Waals surface area contributed by atoms with Crippen LogP contribution in [0.15, 0.2) is 20.2 Å². The van der Waals surface area contributed by atoms with Gasteiger partial charge in [-0.2, -0.15) is 0 Å². The van der Waals surface area contributed by atoms with Crippen molar-refractivity contribution in [2.24, 2.45) is 0 Å². The summed E-state index contributed by atoms with van der Waals surface area (Å²) < 4.78 is 2.76. The molecule has 1 aromatic heterocycles. The summed E-state index contributed by atoms with van der Waals surface area (Å²) in [6, 6.07) is 0.248. The summed E-state index contributed by atoms with van der Waals surface area (Å²) in [7, 11) is 0. The van der Waals surface area contributed by atoms with Gasteiger partial charge in [0.1, 0.15) is 4.60 Å². The third-order valence-corrected chi connectivity index (χ3v) is 3.10. The molecule has 0 atom stereocenters. The van der Waals surface area contributed by atoms with Gasteiger partial charge in [-0.15, -0.1) is 0 Å². The lowest BCUT2D eigenvalue weighted by Gasteiger charge is -2.16. The summed E-state index contributed by atoms with van der Waals surface area (Å²) in [5.41, 5.74) is -0.0677. The van der Waals surface area contributed by atoms with Crippen LogP contribution in [0.2, 0.25) is 0 Å². The largest absolute Gasteiger partial charge is 0.307 e. The standard InChI is InChI=1S/C9H12Br2N2O/c1-3-6(4-2)13-5-7(10)12-8(11)9(13)14/h5-6H,3-4H2,1-2H3. The quantitative estimate of drug-likeness (QED) is 0.856. The van der Waals surface area contributed by atoms with Gasteiger partial charge in [0.05, 0.1) is 0 Å². The first-order valence-corrected chi connectivity index (χ1v) is 6.12.